The molecule has 0 fully saturated rings. The number of alkyl halides is 3. The average Bonchev–Trinajstić information content (AvgIpc) is 2.04. The number of rotatable bonds is 0. The van der Waals surface area contributed by atoms with Crippen LogP contribution >= 0.6 is 0 Å². The van der Waals surface area contributed by atoms with Crippen molar-refractivity contribution < 1.29 is 47.7 Å². The zero-order valence-corrected chi connectivity index (χ0v) is 7.11. The van der Waals surface area contributed by atoms with E-state index >= 15 is 0 Å². The van der Waals surface area contributed by atoms with E-state index in [9.17, 15) is 13.2 Å². The van der Waals surface area contributed by atoms with E-state index in [1.54, 1.807) is 0 Å². The molecule has 0 unspecified atom stereocenters. The fourth-order valence-electron chi connectivity index (χ4n) is 0. The first-order chi connectivity index (χ1) is 7.00. The van der Waals surface area contributed by atoms with Crippen molar-refractivity contribution in [2.24, 2.45) is 0 Å². The second-order valence-electron chi connectivity index (χ2n) is 1.52. The van der Waals surface area contributed by atoms with Gasteiger partial charge < -0.3 is 15.3 Å². The van der Waals surface area contributed by atoms with Gasteiger partial charge in [-0.1, -0.05) is 0 Å². The quantitative estimate of drug-likeness (QED) is 0.191. The van der Waals surface area contributed by atoms with Gasteiger partial charge in [0.05, 0.1) is 0 Å². The molecule has 0 rings (SSSR count). The Morgan fingerprint density at radius 1 is 1.00 bits per heavy atom. The summed E-state index contributed by atoms with van der Waals surface area (Å²) in [4.78, 5) is 35.4. The van der Waals surface area contributed by atoms with E-state index in [-0.39, 0.29) is 29.6 Å². The SMILES string of the molecule is N=C=O.O=C(O)C(=O)O.O=C(O)C(F)(F)F.[NaH]. The number of carboxylic acids is 3. The van der Waals surface area contributed by atoms with Crippen molar-refractivity contribution in [2.75, 3.05) is 0 Å². The molecule has 0 aromatic heterocycles. The van der Waals surface area contributed by atoms with E-state index in [4.69, 9.17) is 39.9 Å². The first-order valence-electron chi connectivity index (χ1n) is 2.80. The predicted molar refractivity (Wildman–Crippen MR) is 44.5 cm³/mol. The number of carboxylic acid groups (broad SMARTS) is 3. The van der Waals surface area contributed by atoms with Gasteiger partial charge in [-0.15, -0.1) is 0 Å². The third-order valence-electron chi connectivity index (χ3n) is 0.425. The second kappa shape index (κ2) is 12.6. The Morgan fingerprint density at radius 2 is 1.12 bits per heavy atom. The molecule has 0 aliphatic carbocycles. The Kier molecular flexibility index (Phi) is 18.4. The van der Waals surface area contributed by atoms with Crippen molar-refractivity contribution >= 4 is 53.5 Å². The van der Waals surface area contributed by atoms with Crippen LogP contribution in [0.4, 0.5) is 13.2 Å². The maximum atomic E-state index is 10.6. The Labute approximate surface area is 113 Å². The van der Waals surface area contributed by atoms with Gasteiger partial charge in [0.15, 0.2) is 0 Å². The molecule has 0 bridgehead atoms. The molecular formula is C5H5F3NNaO7. The molecule has 0 atom stereocenters. The van der Waals surface area contributed by atoms with Gasteiger partial charge in [0.25, 0.3) is 0 Å². The second-order valence-corrected chi connectivity index (χ2v) is 1.52. The first-order valence-corrected chi connectivity index (χ1v) is 2.80. The minimum absolute atomic E-state index is 0. The van der Waals surface area contributed by atoms with Crippen LogP contribution in [0.5, 0.6) is 0 Å². The van der Waals surface area contributed by atoms with Crippen molar-refractivity contribution in [1.29, 1.82) is 5.41 Å². The molecule has 0 saturated heterocycles. The van der Waals surface area contributed by atoms with Gasteiger partial charge in [-0.2, -0.15) is 13.2 Å². The average molecular weight is 271 g/mol. The molecule has 0 amide bonds. The summed E-state index contributed by atoms with van der Waals surface area (Å²) in [6, 6.07) is 0. The van der Waals surface area contributed by atoms with Crippen LogP contribution < -0.4 is 0 Å². The molecule has 0 saturated carbocycles. The summed E-state index contributed by atoms with van der Waals surface area (Å²) in [5, 5.41) is 27.3. The van der Waals surface area contributed by atoms with Crippen LogP contribution in [-0.2, 0) is 19.2 Å². The number of isocyanates is 1. The van der Waals surface area contributed by atoms with E-state index in [0.717, 1.165) is 6.08 Å². The number of hydrogen-bond donors (Lipinski definition) is 4. The van der Waals surface area contributed by atoms with Crippen molar-refractivity contribution in [3.05, 3.63) is 0 Å². The van der Waals surface area contributed by atoms with Gasteiger partial charge in [0, 0.05) is 0 Å². The van der Waals surface area contributed by atoms with Gasteiger partial charge in [-0.3, -0.25) is 0 Å². The summed E-state index contributed by atoms with van der Waals surface area (Å²) in [6.45, 7) is 0. The molecule has 0 aliphatic rings. The molecule has 8 nitrogen and oxygen atoms in total. The summed E-state index contributed by atoms with van der Waals surface area (Å²) in [6.07, 6.45) is -4.33. The Morgan fingerprint density at radius 3 is 1.12 bits per heavy atom. The number of carbonyl (C=O) groups is 3. The van der Waals surface area contributed by atoms with Crippen LogP contribution in [0.25, 0.3) is 0 Å². The summed E-state index contributed by atoms with van der Waals surface area (Å²) >= 11 is 0. The standard InChI is InChI=1S/C2HF3O2.C2H2O4.CHNO.Na.H/c3-2(4,5)1(6)7;3-1(4)2(5)6;2-1-3;;/h(H,6,7);(H,3,4)(H,5,6);2H;;. The third-order valence-corrected chi connectivity index (χ3v) is 0.425. The van der Waals surface area contributed by atoms with Crippen molar-refractivity contribution in [3.8, 4) is 0 Å². The number of aliphatic carboxylic acids is 3. The van der Waals surface area contributed by atoms with Crippen molar-refractivity contribution in [3.63, 3.8) is 0 Å². The van der Waals surface area contributed by atoms with Crippen LogP contribution in [0.3, 0.4) is 0 Å². The summed E-state index contributed by atoms with van der Waals surface area (Å²) in [7, 11) is 0. The van der Waals surface area contributed by atoms with Crippen LogP contribution in [0.15, 0.2) is 0 Å². The number of nitrogens with one attached hydrogen (secondary N) is 1. The fourth-order valence-corrected chi connectivity index (χ4v) is 0. The van der Waals surface area contributed by atoms with Crippen LogP contribution in [0, 0.1) is 5.41 Å². The Balaban J connectivity index is -0.0000000778. The normalized spacial score (nSPS) is 7.71. The number of hydrogen-bond acceptors (Lipinski definition) is 5. The Hall–Kier alpha value is -1.42. The number of carbonyl (C=O) groups excluding carboxylic acids is 1. The van der Waals surface area contributed by atoms with E-state index in [2.05, 4.69) is 0 Å². The van der Waals surface area contributed by atoms with E-state index in [1.165, 1.54) is 0 Å². The summed E-state index contributed by atoms with van der Waals surface area (Å²) < 4.78 is 31.7. The molecule has 0 radical (unpaired) electrons. The van der Waals surface area contributed by atoms with E-state index in [1.807, 2.05) is 0 Å². The predicted octanol–water partition coefficient (Wildman–Crippen LogP) is -0.959. The van der Waals surface area contributed by atoms with Gasteiger partial charge in [0.1, 0.15) is 0 Å². The zero-order chi connectivity index (χ0) is 13.9. The summed E-state index contributed by atoms with van der Waals surface area (Å²) in [5.74, 6) is -6.41. The minimum atomic E-state index is -5.08. The molecule has 0 heterocycles. The van der Waals surface area contributed by atoms with Gasteiger partial charge in [0.2, 0.25) is 6.08 Å². The molecule has 0 aromatic rings. The van der Waals surface area contributed by atoms with Crippen LogP contribution in [-0.4, -0.2) is 75.0 Å². The van der Waals surface area contributed by atoms with Crippen molar-refractivity contribution in [1.82, 2.24) is 0 Å². The van der Waals surface area contributed by atoms with Crippen LogP contribution in [0.2, 0.25) is 0 Å². The van der Waals surface area contributed by atoms with Crippen molar-refractivity contribution in [2.45, 2.75) is 6.18 Å². The molecule has 0 aliphatic heterocycles. The topological polar surface area (TPSA) is 153 Å². The van der Waals surface area contributed by atoms with Gasteiger partial charge >= 0.3 is 53.6 Å². The molecule has 12 heteroatoms. The monoisotopic (exact) mass is 271 g/mol. The molecule has 17 heavy (non-hydrogen) atoms. The molecular weight excluding hydrogens is 266 g/mol. The maximum absolute atomic E-state index is 10.6. The summed E-state index contributed by atoms with van der Waals surface area (Å²) in [5.41, 5.74) is 0. The van der Waals surface area contributed by atoms with E-state index < -0.39 is 24.1 Å². The zero-order valence-electron chi connectivity index (χ0n) is 7.11. The third kappa shape index (κ3) is 31.3. The van der Waals surface area contributed by atoms with Gasteiger partial charge in [-0.05, 0) is 0 Å². The number of halogens is 3. The van der Waals surface area contributed by atoms with Crippen LogP contribution in [0.1, 0.15) is 0 Å². The molecule has 4 N–H and O–H groups in total. The van der Waals surface area contributed by atoms with Gasteiger partial charge in [-0.25, -0.2) is 24.6 Å². The first kappa shape index (κ1) is 24.7. The molecule has 0 aromatic carbocycles. The molecule has 0 spiro atoms. The molecule has 94 valence electrons. The van der Waals surface area contributed by atoms with E-state index in [0.29, 0.717) is 0 Å². The Bertz CT molecular complexity index is 284. The fraction of sp³-hybridized carbons (Fsp3) is 0.200.